The zero-order valence-electron chi connectivity index (χ0n) is 8.49. The Balaban J connectivity index is 2.17. The quantitative estimate of drug-likeness (QED) is 0.693. The van der Waals surface area contributed by atoms with Crippen molar-refractivity contribution in [2.24, 2.45) is 13.0 Å². The SMILES string of the molecule is CC(C)CCCNc1nnnn1C. The molecule has 0 aliphatic rings. The van der Waals surface area contributed by atoms with Crippen LogP contribution in [0.4, 0.5) is 5.95 Å². The molecule has 0 saturated heterocycles. The Morgan fingerprint density at radius 2 is 2.23 bits per heavy atom. The molecule has 0 aliphatic heterocycles. The Hall–Kier alpha value is -1.13. The van der Waals surface area contributed by atoms with E-state index in [1.165, 1.54) is 6.42 Å². The summed E-state index contributed by atoms with van der Waals surface area (Å²) in [5.74, 6) is 1.50. The molecule has 5 heteroatoms. The van der Waals surface area contributed by atoms with Crippen LogP contribution in [0.25, 0.3) is 0 Å². The van der Waals surface area contributed by atoms with Crippen molar-refractivity contribution in [1.82, 2.24) is 20.2 Å². The Bertz CT molecular complexity index is 242. The molecule has 1 heterocycles. The number of hydrogen-bond acceptors (Lipinski definition) is 4. The monoisotopic (exact) mass is 183 g/mol. The molecule has 1 aromatic rings. The molecule has 0 atom stereocenters. The average Bonchev–Trinajstić information content (AvgIpc) is 2.45. The van der Waals surface area contributed by atoms with E-state index in [2.05, 4.69) is 34.7 Å². The van der Waals surface area contributed by atoms with Crippen LogP contribution in [0.15, 0.2) is 0 Å². The fraction of sp³-hybridized carbons (Fsp3) is 0.875. The molecule has 13 heavy (non-hydrogen) atoms. The molecule has 0 unspecified atom stereocenters. The summed E-state index contributed by atoms with van der Waals surface area (Å²) in [6.07, 6.45) is 2.39. The predicted molar refractivity (Wildman–Crippen MR) is 51.4 cm³/mol. The lowest BCUT2D eigenvalue weighted by molar-refractivity contribution is 0.565. The van der Waals surface area contributed by atoms with E-state index in [0.29, 0.717) is 0 Å². The van der Waals surface area contributed by atoms with Crippen molar-refractivity contribution in [3.8, 4) is 0 Å². The number of nitrogens with one attached hydrogen (secondary N) is 1. The second-order valence-electron chi connectivity index (χ2n) is 3.59. The van der Waals surface area contributed by atoms with Gasteiger partial charge in [0.25, 0.3) is 0 Å². The minimum Gasteiger partial charge on any atom is -0.353 e. The lowest BCUT2D eigenvalue weighted by Crippen LogP contribution is -2.08. The summed E-state index contributed by atoms with van der Waals surface area (Å²) in [6, 6.07) is 0. The Morgan fingerprint density at radius 1 is 1.46 bits per heavy atom. The third kappa shape index (κ3) is 3.40. The van der Waals surface area contributed by atoms with Gasteiger partial charge in [-0.25, -0.2) is 4.68 Å². The first-order valence-electron chi connectivity index (χ1n) is 4.66. The van der Waals surface area contributed by atoms with Gasteiger partial charge < -0.3 is 5.32 Å². The molecule has 1 rings (SSSR count). The van der Waals surface area contributed by atoms with Gasteiger partial charge in [0.05, 0.1) is 0 Å². The smallest absolute Gasteiger partial charge is 0.242 e. The lowest BCUT2D eigenvalue weighted by Gasteiger charge is -2.05. The molecule has 0 aromatic carbocycles. The average molecular weight is 183 g/mol. The van der Waals surface area contributed by atoms with Crippen molar-refractivity contribution in [2.45, 2.75) is 26.7 Å². The highest BCUT2D eigenvalue weighted by atomic mass is 15.6. The number of tetrazole rings is 1. The summed E-state index contributed by atoms with van der Waals surface area (Å²) in [5, 5.41) is 14.3. The van der Waals surface area contributed by atoms with Gasteiger partial charge in [-0.1, -0.05) is 18.9 Å². The van der Waals surface area contributed by atoms with E-state index in [-0.39, 0.29) is 0 Å². The molecule has 74 valence electrons. The van der Waals surface area contributed by atoms with Crippen molar-refractivity contribution in [2.75, 3.05) is 11.9 Å². The highest BCUT2D eigenvalue weighted by Gasteiger charge is 1.99. The summed E-state index contributed by atoms with van der Waals surface area (Å²) >= 11 is 0. The van der Waals surface area contributed by atoms with Gasteiger partial charge in [0, 0.05) is 13.6 Å². The summed E-state index contributed by atoms with van der Waals surface area (Å²) in [5.41, 5.74) is 0. The molecule has 0 spiro atoms. The minimum absolute atomic E-state index is 0.740. The second-order valence-corrected chi connectivity index (χ2v) is 3.59. The maximum absolute atomic E-state index is 3.82. The van der Waals surface area contributed by atoms with Gasteiger partial charge in [0.1, 0.15) is 0 Å². The molecule has 0 fully saturated rings. The third-order valence-electron chi connectivity index (χ3n) is 1.86. The van der Waals surface area contributed by atoms with Crippen molar-refractivity contribution in [3.63, 3.8) is 0 Å². The van der Waals surface area contributed by atoms with Crippen LogP contribution < -0.4 is 5.32 Å². The number of anilines is 1. The van der Waals surface area contributed by atoms with E-state index in [1.54, 1.807) is 4.68 Å². The molecule has 0 amide bonds. The number of rotatable bonds is 5. The molecule has 1 aromatic heterocycles. The summed E-state index contributed by atoms with van der Waals surface area (Å²) in [4.78, 5) is 0. The molecular formula is C8H17N5. The number of hydrogen-bond donors (Lipinski definition) is 1. The normalized spacial score (nSPS) is 10.8. The lowest BCUT2D eigenvalue weighted by atomic mass is 10.1. The topological polar surface area (TPSA) is 55.6 Å². The Morgan fingerprint density at radius 3 is 2.77 bits per heavy atom. The van der Waals surface area contributed by atoms with Crippen LogP contribution in [-0.2, 0) is 7.05 Å². The maximum Gasteiger partial charge on any atom is 0.242 e. The van der Waals surface area contributed by atoms with Gasteiger partial charge in [0.15, 0.2) is 0 Å². The zero-order valence-corrected chi connectivity index (χ0v) is 8.49. The summed E-state index contributed by atoms with van der Waals surface area (Å²) in [6.45, 7) is 5.39. The van der Waals surface area contributed by atoms with Crippen molar-refractivity contribution in [1.29, 1.82) is 0 Å². The van der Waals surface area contributed by atoms with E-state index in [1.807, 2.05) is 7.05 Å². The molecule has 0 aliphatic carbocycles. The van der Waals surface area contributed by atoms with Crippen molar-refractivity contribution in [3.05, 3.63) is 0 Å². The highest BCUT2D eigenvalue weighted by molar-refractivity contribution is 5.20. The second kappa shape index (κ2) is 4.79. The van der Waals surface area contributed by atoms with E-state index in [9.17, 15) is 0 Å². The highest BCUT2D eigenvalue weighted by Crippen LogP contribution is 2.03. The number of aryl methyl sites for hydroxylation is 1. The Labute approximate surface area is 78.5 Å². The van der Waals surface area contributed by atoms with Gasteiger partial charge in [-0.2, -0.15) is 0 Å². The van der Waals surface area contributed by atoms with Gasteiger partial charge in [-0.05, 0) is 29.2 Å². The van der Waals surface area contributed by atoms with Crippen LogP contribution >= 0.6 is 0 Å². The Kier molecular flexibility index (Phi) is 3.67. The summed E-state index contributed by atoms with van der Waals surface area (Å²) in [7, 11) is 1.82. The molecule has 5 nitrogen and oxygen atoms in total. The van der Waals surface area contributed by atoms with Gasteiger partial charge >= 0.3 is 0 Å². The molecule has 0 saturated carbocycles. The summed E-state index contributed by atoms with van der Waals surface area (Å²) < 4.78 is 1.63. The van der Waals surface area contributed by atoms with Crippen LogP contribution in [-0.4, -0.2) is 26.8 Å². The van der Waals surface area contributed by atoms with E-state index < -0.39 is 0 Å². The van der Waals surface area contributed by atoms with Crippen molar-refractivity contribution >= 4 is 5.95 Å². The first-order chi connectivity index (χ1) is 6.20. The molecule has 0 radical (unpaired) electrons. The van der Waals surface area contributed by atoms with Gasteiger partial charge in [-0.3, -0.25) is 0 Å². The fourth-order valence-corrected chi connectivity index (χ4v) is 1.09. The molecule has 0 bridgehead atoms. The molecular weight excluding hydrogens is 166 g/mol. The van der Waals surface area contributed by atoms with Crippen LogP contribution in [0.5, 0.6) is 0 Å². The zero-order chi connectivity index (χ0) is 9.68. The first-order valence-corrected chi connectivity index (χ1v) is 4.66. The number of aromatic nitrogens is 4. The van der Waals surface area contributed by atoms with Crippen molar-refractivity contribution < 1.29 is 0 Å². The van der Waals surface area contributed by atoms with Crippen LogP contribution in [0.2, 0.25) is 0 Å². The predicted octanol–water partition coefficient (Wildman–Crippen LogP) is 1.06. The minimum atomic E-state index is 0.740. The number of nitrogens with zero attached hydrogens (tertiary/aromatic N) is 4. The van der Waals surface area contributed by atoms with E-state index in [4.69, 9.17) is 0 Å². The van der Waals surface area contributed by atoms with Gasteiger partial charge in [0.2, 0.25) is 5.95 Å². The first kappa shape index (κ1) is 9.95. The van der Waals surface area contributed by atoms with Crippen LogP contribution in [0.3, 0.4) is 0 Å². The standard InChI is InChI=1S/C8H17N5/c1-7(2)5-4-6-9-8-10-11-12-13(8)3/h7H,4-6H2,1-3H3,(H,9,10,12). The fourth-order valence-electron chi connectivity index (χ4n) is 1.09. The van der Waals surface area contributed by atoms with Crippen LogP contribution in [0, 0.1) is 5.92 Å². The van der Waals surface area contributed by atoms with Crippen LogP contribution in [0.1, 0.15) is 26.7 Å². The van der Waals surface area contributed by atoms with Gasteiger partial charge in [-0.15, -0.1) is 0 Å². The van der Waals surface area contributed by atoms with E-state index in [0.717, 1.165) is 24.8 Å². The molecule has 1 N–H and O–H groups in total. The maximum atomic E-state index is 3.82. The largest absolute Gasteiger partial charge is 0.353 e. The third-order valence-corrected chi connectivity index (χ3v) is 1.86. The van der Waals surface area contributed by atoms with E-state index >= 15 is 0 Å².